The van der Waals surface area contributed by atoms with E-state index in [1.54, 1.807) is 51.2 Å². The highest BCUT2D eigenvalue weighted by Gasteiger charge is 2.27. The minimum absolute atomic E-state index is 0.000465. The highest BCUT2D eigenvalue weighted by molar-refractivity contribution is 7.89. The number of nitrogens with zero attached hydrogens (tertiary/aromatic N) is 3. The first-order chi connectivity index (χ1) is 16.0. The zero-order valence-electron chi connectivity index (χ0n) is 19.7. The van der Waals surface area contributed by atoms with Gasteiger partial charge in [-0.3, -0.25) is 10.1 Å². The Morgan fingerprint density at radius 1 is 1.03 bits per heavy atom. The molecule has 1 fully saturated rings. The second-order valence-electron chi connectivity index (χ2n) is 8.85. The average molecular weight is 490 g/mol. The summed E-state index contributed by atoms with van der Waals surface area (Å²) in [5.41, 5.74) is 0.228. The van der Waals surface area contributed by atoms with Crippen LogP contribution in [0.2, 0.25) is 0 Å². The smallest absolute Gasteiger partial charge is 0.412 e. The van der Waals surface area contributed by atoms with E-state index in [-0.39, 0.29) is 18.2 Å². The monoisotopic (exact) mass is 489 g/mol. The molecule has 1 saturated heterocycles. The van der Waals surface area contributed by atoms with Crippen molar-refractivity contribution in [3.63, 3.8) is 0 Å². The summed E-state index contributed by atoms with van der Waals surface area (Å²) in [6, 6.07) is 11.9. The van der Waals surface area contributed by atoms with Crippen molar-refractivity contribution in [3.05, 3.63) is 54.2 Å². The van der Waals surface area contributed by atoms with Crippen LogP contribution in [-0.2, 0) is 14.8 Å². The van der Waals surface area contributed by atoms with Gasteiger partial charge in [-0.1, -0.05) is 6.07 Å². The molecule has 2 aromatic rings. The van der Waals surface area contributed by atoms with Crippen LogP contribution in [0.3, 0.4) is 0 Å². The molecule has 1 aromatic heterocycles. The van der Waals surface area contributed by atoms with Crippen molar-refractivity contribution < 1.29 is 22.7 Å². The number of carbonyl (C=O) groups excluding carboxylic acids is 2. The fraction of sp³-hybridized carbons (Fsp3) is 0.435. The van der Waals surface area contributed by atoms with Gasteiger partial charge in [-0.15, -0.1) is 0 Å². The average Bonchev–Trinajstić information content (AvgIpc) is 2.79. The number of nitrogens with one attached hydrogen (secondary N) is 2. The predicted octanol–water partition coefficient (Wildman–Crippen LogP) is 2.31. The lowest BCUT2D eigenvalue weighted by atomic mass is 10.2. The third kappa shape index (κ3) is 7.42. The Balaban J connectivity index is 1.44. The molecule has 1 aliphatic rings. The van der Waals surface area contributed by atoms with Gasteiger partial charge >= 0.3 is 6.09 Å². The summed E-state index contributed by atoms with van der Waals surface area (Å²) in [5, 5.41) is 5.24. The first-order valence-corrected chi connectivity index (χ1v) is 12.7. The van der Waals surface area contributed by atoms with Gasteiger partial charge in [-0.2, -0.15) is 4.31 Å². The van der Waals surface area contributed by atoms with E-state index < -0.39 is 21.7 Å². The number of carbonyl (C=O) groups is 2. The molecule has 11 heteroatoms. The molecular weight excluding hydrogens is 458 g/mol. The molecule has 1 aromatic carbocycles. The van der Waals surface area contributed by atoms with Gasteiger partial charge in [0.1, 0.15) is 11.4 Å². The van der Waals surface area contributed by atoms with Crippen LogP contribution in [0.5, 0.6) is 0 Å². The minimum Gasteiger partial charge on any atom is -0.444 e. The molecule has 2 heterocycles. The molecular formula is C23H31N5O5S. The van der Waals surface area contributed by atoms with E-state index in [0.717, 1.165) is 5.82 Å². The number of rotatable bonds is 7. The Bertz CT molecular complexity index is 1080. The van der Waals surface area contributed by atoms with Gasteiger partial charge < -0.3 is 15.0 Å². The quantitative estimate of drug-likeness (QED) is 0.612. The molecule has 0 unspecified atom stereocenters. The topological polar surface area (TPSA) is 121 Å². The zero-order chi connectivity index (χ0) is 24.8. The summed E-state index contributed by atoms with van der Waals surface area (Å²) in [4.78, 5) is 30.6. The normalized spacial score (nSPS) is 15.0. The van der Waals surface area contributed by atoms with Crippen LogP contribution in [-0.4, -0.2) is 73.8 Å². The van der Waals surface area contributed by atoms with Crippen LogP contribution in [0.25, 0.3) is 0 Å². The molecule has 0 atom stereocenters. The molecule has 10 nitrogen and oxygen atoms in total. The number of ether oxygens (including phenoxy) is 1. The van der Waals surface area contributed by atoms with E-state index in [1.165, 1.54) is 4.31 Å². The van der Waals surface area contributed by atoms with Crippen LogP contribution < -0.4 is 15.5 Å². The zero-order valence-corrected chi connectivity index (χ0v) is 20.5. The Morgan fingerprint density at radius 3 is 2.29 bits per heavy atom. The van der Waals surface area contributed by atoms with Crippen LogP contribution in [0.4, 0.5) is 16.3 Å². The fourth-order valence-electron chi connectivity index (χ4n) is 3.39. The minimum atomic E-state index is -3.49. The Labute approximate surface area is 200 Å². The summed E-state index contributed by atoms with van der Waals surface area (Å²) in [5.74, 6) is 0.263. The van der Waals surface area contributed by atoms with Crippen molar-refractivity contribution in [1.29, 1.82) is 0 Å². The molecule has 0 spiro atoms. The van der Waals surface area contributed by atoms with E-state index in [1.807, 2.05) is 18.2 Å². The number of benzene rings is 1. The largest absolute Gasteiger partial charge is 0.444 e. The van der Waals surface area contributed by atoms with E-state index in [2.05, 4.69) is 20.5 Å². The number of hydrogen-bond acceptors (Lipinski definition) is 7. The Morgan fingerprint density at radius 2 is 1.71 bits per heavy atom. The third-order valence-electron chi connectivity index (χ3n) is 5.04. The molecule has 184 valence electrons. The third-order valence-corrected chi connectivity index (χ3v) is 6.92. The molecule has 2 N–H and O–H groups in total. The van der Waals surface area contributed by atoms with Crippen LogP contribution in [0.1, 0.15) is 31.1 Å². The van der Waals surface area contributed by atoms with Crippen LogP contribution in [0, 0.1) is 0 Å². The molecule has 0 saturated carbocycles. The van der Waals surface area contributed by atoms with Gasteiger partial charge in [-0.25, -0.2) is 18.2 Å². The van der Waals surface area contributed by atoms with Crippen molar-refractivity contribution in [2.75, 3.05) is 48.7 Å². The SMILES string of the molecule is CC(C)(C)OC(=O)Nc1ccc(C(=O)NCCS(=O)(=O)N2CCN(c3ccccn3)CC2)cc1. The van der Waals surface area contributed by atoms with Crippen molar-refractivity contribution in [2.45, 2.75) is 26.4 Å². The maximum absolute atomic E-state index is 12.7. The molecule has 0 bridgehead atoms. The number of aromatic nitrogens is 1. The van der Waals surface area contributed by atoms with E-state index in [4.69, 9.17) is 4.74 Å². The lowest BCUT2D eigenvalue weighted by molar-refractivity contribution is 0.0635. The summed E-state index contributed by atoms with van der Waals surface area (Å²) in [6.07, 6.45) is 1.13. The first-order valence-electron chi connectivity index (χ1n) is 11.1. The molecule has 0 radical (unpaired) electrons. The molecule has 2 amide bonds. The maximum atomic E-state index is 12.7. The van der Waals surface area contributed by atoms with Gasteiger partial charge in [0.05, 0.1) is 5.75 Å². The first kappa shape index (κ1) is 25.4. The van der Waals surface area contributed by atoms with Crippen LogP contribution >= 0.6 is 0 Å². The number of hydrogen-bond donors (Lipinski definition) is 2. The van der Waals surface area contributed by atoms with Gasteiger partial charge in [0.2, 0.25) is 10.0 Å². The van der Waals surface area contributed by atoms with E-state index >= 15 is 0 Å². The van der Waals surface area contributed by atoms with Gasteiger partial charge in [0, 0.05) is 50.2 Å². The van der Waals surface area contributed by atoms with Gasteiger partial charge in [-0.05, 0) is 57.2 Å². The van der Waals surface area contributed by atoms with Crippen molar-refractivity contribution in [2.24, 2.45) is 0 Å². The summed E-state index contributed by atoms with van der Waals surface area (Å²) in [6.45, 7) is 7.17. The summed E-state index contributed by atoms with van der Waals surface area (Å²) in [7, 11) is -3.49. The predicted molar refractivity (Wildman–Crippen MR) is 130 cm³/mol. The van der Waals surface area contributed by atoms with Crippen molar-refractivity contribution in [1.82, 2.24) is 14.6 Å². The second kappa shape index (κ2) is 10.8. The summed E-state index contributed by atoms with van der Waals surface area (Å²) >= 11 is 0. The van der Waals surface area contributed by atoms with Gasteiger partial charge in [0.15, 0.2) is 0 Å². The lowest BCUT2D eigenvalue weighted by Crippen LogP contribution is -2.50. The lowest BCUT2D eigenvalue weighted by Gasteiger charge is -2.34. The van der Waals surface area contributed by atoms with E-state index in [0.29, 0.717) is 37.4 Å². The summed E-state index contributed by atoms with van der Waals surface area (Å²) < 4.78 is 32.0. The number of pyridine rings is 1. The van der Waals surface area contributed by atoms with Crippen LogP contribution in [0.15, 0.2) is 48.7 Å². The van der Waals surface area contributed by atoms with Gasteiger partial charge in [0.25, 0.3) is 5.91 Å². The van der Waals surface area contributed by atoms with Crippen molar-refractivity contribution >= 4 is 33.5 Å². The van der Waals surface area contributed by atoms with E-state index in [9.17, 15) is 18.0 Å². The van der Waals surface area contributed by atoms with Crippen molar-refractivity contribution in [3.8, 4) is 0 Å². The molecule has 1 aliphatic heterocycles. The Kier molecular flexibility index (Phi) is 8.11. The maximum Gasteiger partial charge on any atom is 0.412 e. The number of sulfonamides is 1. The Hall–Kier alpha value is -3.18. The number of amides is 2. The second-order valence-corrected chi connectivity index (χ2v) is 10.9. The molecule has 0 aliphatic carbocycles. The fourth-order valence-corrected chi connectivity index (χ4v) is 4.73. The number of anilines is 2. The molecule has 3 rings (SSSR count). The molecule has 34 heavy (non-hydrogen) atoms. The highest BCUT2D eigenvalue weighted by Crippen LogP contribution is 2.15. The highest BCUT2D eigenvalue weighted by atomic mass is 32.2. The standard InChI is InChI=1S/C23H31N5O5S/c1-23(2,3)33-22(30)26-19-9-7-18(8-10-19)21(29)25-12-17-34(31,32)28-15-13-27(14-16-28)20-6-4-5-11-24-20/h4-11H,12-17H2,1-3H3,(H,25,29)(H,26,30). The number of piperazine rings is 1.